The van der Waals surface area contributed by atoms with Crippen LogP contribution in [-0.2, 0) is 0 Å². The first-order chi connectivity index (χ1) is 37.6. The molecule has 4 nitrogen and oxygen atoms in total. The molecule has 1 heterocycles. The zero-order valence-corrected chi connectivity index (χ0v) is 41.0. The molecule has 0 unspecified atom stereocenters. The summed E-state index contributed by atoms with van der Waals surface area (Å²) in [5.74, 6) is 1.78. The van der Waals surface area contributed by atoms with Crippen LogP contribution in [0.5, 0.6) is 0 Å². The molecular formula is C72H42N4. The van der Waals surface area contributed by atoms with Crippen molar-refractivity contribution in [2.75, 3.05) is 0 Å². The molecule has 0 aliphatic heterocycles. The highest BCUT2D eigenvalue weighted by Crippen LogP contribution is 2.53. The van der Waals surface area contributed by atoms with Crippen molar-refractivity contribution in [3.8, 4) is 134 Å². The fourth-order valence-electron chi connectivity index (χ4n) is 11.9. The summed E-state index contributed by atoms with van der Waals surface area (Å²) < 4.78 is 0. The molecule has 13 aromatic rings. The SMILES string of the molecule is [C-]#[N+]c1cc(-c2ccccc2-c2ccccc2-c2ccc3cccc4c3c2-c2ccccc2-4)ccc1-c1ccc(-c2nc(-c3ccccc3)nc(-c3ccc(-c4ccc5c(c4)-c4cccc6cccc-5c46)cc3)n2)cc1. The van der Waals surface area contributed by atoms with Crippen molar-refractivity contribution in [2.45, 2.75) is 0 Å². The number of fused-ring (bicyclic) bond motifs is 6. The number of nitrogens with zero attached hydrogens (tertiary/aromatic N) is 4. The maximum atomic E-state index is 8.46. The zero-order chi connectivity index (χ0) is 50.3. The minimum atomic E-state index is 0.576. The van der Waals surface area contributed by atoms with Crippen molar-refractivity contribution in [3.63, 3.8) is 0 Å². The minimum absolute atomic E-state index is 0.576. The molecule has 0 spiro atoms. The molecule has 12 aromatic carbocycles. The molecule has 0 radical (unpaired) electrons. The van der Waals surface area contributed by atoms with Crippen LogP contribution in [0.25, 0.3) is 161 Å². The van der Waals surface area contributed by atoms with Crippen LogP contribution in [-0.4, -0.2) is 15.0 Å². The Morgan fingerprint density at radius 2 is 0.645 bits per heavy atom. The highest BCUT2D eigenvalue weighted by molar-refractivity contribution is 6.20. The Labute approximate surface area is 440 Å². The van der Waals surface area contributed by atoms with Crippen LogP contribution >= 0.6 is 0 Å². The molecule has 0 N–H and O–H groups in total. The summed E-state index contributed by atoms with van der Waals surface area (Å²) in [7, 11) is 0. The van der Waals surface area contributed by atoms with Gasteiger partial charge < -0.3 is 0 Å². The predicted molar refractivity (Wildman–Crippen MR) is 313 cm³/mol. The van der Waals surface area contributed by atoms with Crippen LogP contribution in [0.1, 0.15) is 0 Å². The lowest BCUT2D eigenvalue weighted by Gasteiger charge is -2.18. The van der Waals surface area contributed by atoms with Crippen LogP contribution in [0, 0.1) is 6.57 Å². The molecule has 76 heavy (non-hydrogen) atoms. The van der Waals surface area contributed by atoms with Crippen molar-refractivity contribution in [2.24, 2.45) is 0 Å². The van der Waals surface area contributed by atoms with E-state index in [9.17, 15) is 0 Å². The quantitative estimate of drug-likeness (QED) is 0.143. The van der Waals surface area contributed by atoms with E-state index in [1.807, 2.05) is 48.5 Å². The first-order valence-electron chi connectivity index (χ1n) is 25.7. The third kappa shape index (κ3) is 6.95. The monoisotopic (exact) mass is 962 g/mol. The van der Waals surface area contributed by atoms with Crippen LogP contribution in [0.15, 0.2) is 255 Å². The first-order valence-corrected chi connectivity index (χ1v) is 25.7. The van der Waals surface area contributed by atoms with Gasteiger partial charge in [-0.05, 0) is 134 Å². The van der Waals surface area contributed by atoms with E-state index in [0.717, 1.165) is 61.2 Å². The van der Waals surface area contributed by atoms with Crippen LogP contribution in [0.2, 0.25) is 0 Å². The Morgan fingerprint density at radius 3 is 1.28 bits per heavy atom. The topological polar surface area (TPSA) is 43.0 Å². The summed E-state index contributed by atoms with van der Waals surface area (Å²) in [6.45, 7) is 8.46. The number of hydrogen-bond donors (Lipinski definition) is 0. The molecule has 2 aliphatic carbocycles. The van der Waals surface area contributed by atoms with Gasteiger partial charge in [0.2, 0.25) is 0 Å². The molecule has 15 rings (SSSR count). The molecule has 4 heteroatoms. The van der Waals surface area contributed by atoms with E-state index in [1.165, 1.54) is 77.2 Å². The normalized spacial score (nSPS) is 11.7. The maximum Gasteiger partial charge on any atom is 0.195 e. The lowest BCUT2D eigenvalue weighted by molar-refractivity contribution is 1.07. The maximum absolute atomic E-state index is 8.46. The molecule has 0 atom stereocenters. The summed E-state index contributed by atoms with van der Waals surface area (Å²) >= 11 is 0. The van der Waals surface area contributed by atoms with Crippen molar-refractivity contribution in [1.82, 2.24) is 15.0 Å². The van der Waals surface area contributed by atoms with Crippen molar-refractivity contribution >= 4 is 27.2 Å². The molecule has 350 valence electrons. The summed E-state index contributed by atoms with van der Waals surface area (Å²) in [6, 6.07) is 90.3. The Bertz CT molecular complexity index is 4560. The van der Waals surface area contributed by atoms with Gasteiger partial charge in [-0.1, -0.05) is 243 Å². The number of rotatable bonds is 8. The summed E-state index contributed by atoms with van der Waals surface area (Å²) in [4.78, 5) is 19.3. The van der Waals surface area contributed by atoms with Gasteiger partial charge >= 0.3 is 0 Å². The summed E-state index contributed by atoms with van der Waals surface area (Å²) in [5.41, 5.74) is 24.3. The average molecular weight is 963 g/mol. The van der Waals surface area contributed by atoms with E-state index < -0.39 is 0 Å². The van der Waals surface area contributed by atoms with Gasteiger partial charge in [0.25, 0.3) is 0 Å². The van der Waals surface area contributed by atoms with E-state index in [4.69, 9.17) is 21.5 Å². The van der Waals surface area contributed by atoms with Crippen LogP contribution in [0.4, 0.5) is 5.69 Å². The fraction of sp³-hybridized carbons (Fsp3) is 0. The van der Waals surface area contributed by atoms with E-state index >= 15 is 0 Å². The third-order valence-corrected chi connectivity index (χ3v) is 15.5. The van der Waals surface area contributed by atoms with Crippen molar-refractivity contribution in [3.05, 3.63) is 266 Å². The Balaban J connectivity index is 0.749. The van der Waals surface area contributed by atoms with E-state index in [0.29, 0.717) is 23.2 Å². The number of benzene rings is 12. The number of aromatic nitrogens is 3. The van der Waals surface area contributed by atoms with Gasteiger partial charge in [-0.2, -0.15) is 0 Å². The Hall–Kier alpha value is -10.3. The average Bonchev–Trinajstić information content (AvgIpc) is 4.04. The Morgan fingerprint density at radius 1 is 0.237 bits per heavy atom. The molecule has 0 fully saturated rings. The second-order valence-electron chi connectivity index (χ2n) is 19.7. The zero-order valence-electron chi connectivity index (χ0n) is 41.0. The largest absolute Gasteiger partial charge is 0.237 e. The van der Waals surface area contributed by atoms with Crippen molar-refractivity contribution < 1.29 is 0 Å². The highest BCUT2D eigenvalue weighted by atomic mass is 15.0. The molecule has 0 saturated carbocycles. The molecule has 2 aliphatic rings. The summed E-state index contributed by atoms with van der Waals surface area (Å²) in [5, 5.41) is 5.16. The molecule has 1 aromatic heterocycles. The third-order valence-electron chi connectivity index (χ3n) is 15.5. The molecular weight excluding hydrogens is 921 g/mol. The molecule has 0 bridgehead atoms. The second kappa shape index (κ2) is 17.4. The van der Waals surface area contributed by atoms with E-state index in [2.05, 4.69) is 211 Å². The van der Waals surface area contributed by atoms with Gasteiger partial charge in [0, 0.05) is 16.7 Å². The fourth-order valence-corrected chi connectivity index (χ4v) is 11.9. The van der Waals surface area contributed by atoms with Crippen molar-refractivity contribution in [1.29, 1.82) is 0 Å². The highest BCUT2D eigenvalue weighted by Gasteiger charge is 2.26. The van der Waals surface area contributed by atoms with Gasteiger partial charge in [0.15, 0.2) is 23.2 Å². The van der Waals surface area contributed by atoms with Gasteiger partial charge in [-0.25, -0.2) is 19.8 Å². The Kier molecular flexibility index (Phi) is 9.91. The van der Waals surface area contributed by atoms with Crippen LogP contribution < -0.4 is 0 Å². The van der Waals surface area contributed by atoms with Crippen LogP contribution in [0.3, 0.4) is 0 Å². The van der Waals surface area contributed by atoms with E-state index in [-0.39, 0.29) is 0 Å². The molecule has 0 saturated heterocycles. The predicted octanol–water partition coefficient (Wildman–Crippen LogP) is 19.4. The van der Waals surface area contributed by atoms with Gasteiger partial charge in [-0.15, -0.1) is 0 Å². The summed E-state index contributed by atoms with van der Waals surface area (Å²) in [6.07, 6.45) is 0. The minimum Gasteiger partial charge on any atom is -0.237 e. The smallest absolute Gasteiger partial charge is 0.195 e. The lowest BCUT2D eigenvalue weighted by atomic mass is 9.86. The lowest BCUT2D eigenvalue weighted by Crippen LogP contribution is -2.00. The molecule has 0 amide bonds. The first kappa shape index (κ1) is 43.3. The number of hydrogen-bond acceptors (Lipinski definition) is 3. The van der Waals surface area contributed by atoms with E-state index in [1.54, 1.807) is 0 Å². The van der Waals surface area contributed by atoms with Gasteiger partial charge in [0.1, 0.15) is 0 Å². The standard InChI is InChI=1S/C72H42N4/c1-73-66-43-52(53-19-5-6-20-55(53)56-21-7-8-22-57(56)64-41-36-47-18-13-26-61-58-23-9-10-24-62(58)69(64)68(47)61)38-39-54(66)45-30-34-50(35-31-45)72-75-70(48-14-3-2-4-15-48)74-71(76-72)49-32-28-44(29-33-49)51-37-40-59-60-25-11-16-46-17-12-27-63(67(46)60)65(59)42-51/h2-43H. The second-order valence-corrected chi connectivity index (χ2v) is 19.7. The van der Waals surface area contributed by atoms with Gasteiger partial charge in [-0.3, -0.25) is 0 Å². The van der Waals surface area contributed by atoms with Gasteiger partial charge in [0.05, 0.1) is 6.57 Å².